The van der Waals surface area contributed by atoms with Gasteiger partial charge in [-0.25, -0.2) is 0 Å². The predicted octanol–water partition coefficient (Wildman–Crippen LogP) is 4.36. The molecular formula is C28H25ClN4O3. The van der Waals surface area contributed by atoms with Gasteiger partial charge in [-0.15, -0.1) is 0 Å². The zero-order valence-electron chi connectivity index (χ0n) is 19.9. The summed E-state index contributed by atoms with van der Waals surface area (Å²) in [6.07, 6.45) is 2.44. The normalized spacial score (nSPS) is 15.6. The van der Waals surface area contributed by atoms with E-state index in [-0.39, 0.29) is 5.91 Å². The van der Waals surface area contributed by atoms with Crippen LogP contribution >= 0.6 is 11.6 Å². The molecule has 182 valence electrons. The van der Waals surface area contributed by atoms with Crippen molar-refractivity contribution in [1.82, 2.24) is 20.1 Å². The van der Waals surface area contributed by atoms with Crippen LogP contribution in [0.25, 0.3) is 32.9 Å². The number of fused-ring (bicyclic) bond motifs is 5. The van der Waals surface area contributed by atoms with E-state index in [0.717, 1.165) is 36.1 Å². The smallest absolute Gasteiger partial charge is 0.259 e. The Bertz CT molecular complexity index is 1580. The SMILES string of the molecule is Cn1c2cc(C(=O)NCCN3CCCC3)ccc2c2c3c(c(-c4ccccc4Cl)cc21)C(=O)NC3=O. The molecule has 0 aliphatic carbocycles. The summed E-state index contributed by atoms with van der Waals surface area (Å²) in [6.45, 7) is 3.63. The second kappa shape index (κ2) is 8.76. The van der Waals surface area contributed by atoms with E-state index in [1.165, 1.54) is 12.8 Å². The van der Waals surface area contributed by atoms with Crippen LogP contribution in [0.1, 0.15) is 43.9 Å². The van der Waals surface area contributed by atoms with Gasteiger partial charge in [-0.1, -0.05) is 35.9 Å². The molecule has 1 fully saturated rings. The lowest BCUT2D eigenvalue weighted by Gasteiger charge is -2.14. The van der Waals surface area contributed by atoms with Crippen molar-refractivity contribution in [3.63, 3.8) is 0 Å². The third-order valence-electron chi connectivity index (χ3n) is 7.32. The van der Waals surface area contributed by atoms with Crippen molar-refractivity contribution in [2.45, 2.75) is 12.8 Å². The number of likely N-dealkylation sites (tertiary alicyclic amines) is 1. The van der Waals surface area contributed by atoms with Gasteiger partial charge in [0.25, 0.3) is 17.7 Å². The Labute approximate surface area is 213 Å². The van der Waals surface area contributed by atoms with Crippen molar-refractivity contribution in [2.75, 3.05) is 26.2 Å². The minimum atomic E-state index is -0.433. The predicted molar refractivity (Wildman–Crippen MR) is 141 cm³/mol. The number of benzene rings is 3. The highest BCUT2D eigenvalue weighted by Crippen LogP contribution is 2.41. The molecule has 3 aromatic carbocycles. The Hall–Kier alpha value is -3.68. The van der Waals surface area contributed by atoms with Gasteiger partial charge in [-0.3, -0.25) is 19.7 Å². The van der Waals surface area contributed by atoms with Crippen molar-refractivity contribution in [3.8, 4) is 11.1 Å². The van der Waals surface area contributed by atoms with Crippen LogP contribution in [0.3, 0.4) is 0 Å². The number of hydrogen-bond donors (Lipinski definition) is 2. The summed E-state index contributed by atoms with van der Waals surface area (Å²) in [5, 5.41) is 7.49. The topological polar surface area (TPSA) is 83.4 Å². The van der Waals surface area contributed by atoms with Crippen molar-refractivity contribution in [2.24, 2.45) is 7.05 Å². The molecule has 0 unspecified atom stereocenters. The summed E-state index contributed by atoms with van der Waals surface area (Å²) in [6, 6.07) is 14.7. The Morgan fingerprint density at radius 2 is 1.72 bits per heavy atom. The monoisotopic (exact) mass is 500 g/mol. The molecule has 7 nitrogen and oxygen atoms in total. The largest absolute Gasteiger partial charge is 0.351 e. The lowest BCUT2D eigenvalue weighted by atomic mass is 9.93. The second-order valence-electron chi connectivity index (χ2n) is 9.43. The van der Waals surface area contributed by atoms with Crippen molar-refractivity contribution in [1.29, 1.82) is 0 Å². The highest BCUT2D eigenvalue weighted by Gasteiger charge is 2.34. The van der Waals surface area contributed by atoms with Gasteiger partial charge in [0, 0.05) is 52.6 Å². The van der Waals surface area contributed by atoms with Crippen molar-refractivity contribution < 1.29 is 14.4 Å². The first kappa shape index (κ1) is 22.8. The molecular weight excluding hydrogens is 476 g/mol. The van der Waals surface area contributed by atoms with E-state index in [2.05, 4.69) is 15.5 Å². The summed E-state index contributed by atoms with van der Waals surface area (Å²) < 4.78 is 1.96. The number of hydrogen-bond acceptors (Lipinski definition) is 4. The van der Waals surface area contributed by atoms with E-state index in [4.69, 9.17) is 11.6 Å². The fourth-order valence-electron chi connectivity index (χ4n) is 5.52. The minimum Gasteiger partial charge on any atom is -0.351 e. The Morgan fingerprint density at radius 1 is 0.972 bits per heavy atom. The van der Waals surface area contributed by atoms with Gasteiger partial charge < -0.3 is 14.8 Å². The quantitative estimate of drug-likeness (QED) is 0.399. The van der Waals surface area contributed by atoms with Crippen molar-refractivity contribution >= 4 is 51.1 Å². The van der Waals surface area contributed by atoms with Crippen LogP contribution in [0.5, 0.6) is 0 Å². The summed E-state index contributed by atoms with van der Waals surface area (Å²) in [4.78, 5) is 41.1. The number of imide groups is 1. The van der Waals surface area contributed by atoms with E-state index >= 15 is 0 Å². The molecule has 3 heterocycles. The highest BCUT2D eigenvalue weighted by atomic mass is 35.5. The summed E-state index contributed by atoms with van der Waals surface area (Å²) in [5.74, 6) is -0.987. The zero-order valence-corrected chi connectivity index (χ0v) is 20.6. The lowest BCUT2D eigenvalue weighted by Crippen LogP contribution is -2.33. The van der Waals surface area contributed by atoms with E-state index < -0.39 is 11.8 Å². The summed E-state index contributed by atoms with van der Waals surface area (Å²) >= 11 is 6.48. The maximum atomic E-state index is 13.0. The summed E-state index contributed by atoms with van der Waals surface area (Å²) in [7, 11) is 1.90. The second-order valence-corrected chi connectivity index (χ2v) is 9.83. The number of amides is 3. The van der Waals surface area contributed by atoms with Crippen LogP contribution in [0.15, 0.2) is 48.5 Å². The third-order valence-corrected chi connectivity index (χ3v) is 7.65. The van der Waals surface area contributed by atoms with Gasteiger partial charge in [0.1, 0.15) is 0 Å². The van der Waals surface area contributed by atoms with Gasteiger partial charge in [-0.2, -0.15) is 0 Å². The van der Waals surface area contributed by atoms with Crippen molar-refractivity contribution in [3.05, 3.63) is 70.2 Å². The third kappa shape index (κ3) is 3.58. The molecule has 8 heteroatoms. The first-order valence-electron chi connectivity index (χ1n) is 12.1. The van der Waals surface area contributed by atoms with Crippen LogP contribution < -0.4 is 10.6 Å². The molecule has 1 aromatic heterocycles. The van der Waals surface area contributed by atoms with E-state index in [1.807, 2.05) is 48.0 Å². The molecule has 0 bridgehead atoms. The average molecular weight is 501 g/mol. The molecule has 1 saturated heterocycles. The standard InChI is InChI=1S/C28H25ClN4O3/c1-32-21-14-16(26(34)30-10-13-33-11-4-5-12-33)8-9-18(21)23-22(32)15-19(17-6-2-3-7-20(17)29)24-25(23)28(36)31-27(24)35/h2-3,6-9,14-15H,4-5,10-13H2,1H3,(H,30,34)(H,31,35,36). The number of aryl methyl sites for hydroxylation is 1. The first-order chi connectivity index (χ1) is 17.4. The molecule has 4 aromatic rings. The van der Waals surface area contributed by atoms with Gasteiger partial charge >= 0.3 is 0 Å². The van der Waals surface area contributed by atoms with Gasteiger partial charge in [0.15, 0.2) is 0 Å². The van der Waals surface area contributed by atoms with E-state index in [1.54, 1.807) is 12.1 Å². The number of carbonyl (C=O) groups is 3. The number of carbonyl (C=O) groups excluding carboxylic acids is 3. The van der Waals surface area contributed by atoms with Crippen LogP contribution in [0.2, 0.25) is 5.02 Å². The fraction of sp³-hybridized carbons (Fsp3) is 0.250. The highest BCUT2D eigenvalue weighted by molar-refractivity contribution is 6.36. The van der Waals surface area contributed by atoms with Gasteiger partial charge in [-0.05, 0) is 55.8 Å². The number of rotatable bonds is 5. The Kier molecular flexibility index (Phi) is 5.54. The first-order valence-corrected chi connectivity index (χ1v) is 12.5. The number of nitrogens with one attached hydrogen (secondary N) is 2. The van der Waals surface area contributed by atoms with E-state index in [9.17, 15) is 14.4 Å². The molecule has 3 amide bonds. The Balaban J connectivity index is 1.46. The molecule has 0 atom stereocenters. The molecule has 0 spiro atoms. The van der Waals surface area contributed by atoms with Crippen LogP contribution in [-0.4, -0.2) is 53.4 Å². The molecule has 2 aliphatic heterocycles. The minimum absolute atomic E-state index is 0.128. The van der Waals surface area contributed by atoms with Crippen LogP contribution in [0.4, 0.5) is 0 Å². The lowest BCUT2D eigenvalue weighted by molar-refractivity contribution is 0.0878. The molecule has 0 saturated carbocycles. The maximum Gasteiger partial charge on any atom is 0.259 e. The van der Waals surface area contributed by atoms with Crippen LogP contribution in [-0.2, 0) is 7.05 Å². The van der Waals surface area contributed by atoms with Gasteiger partial charge in [0.05, 0.1) is 16.6 Å². The summed E-state index contributed by atoms with van der Waals surface area (Å²) in [5.41, 5.74) is 4.12. The average Bonchev–Trinajstić information content (AvgIpc) is 3.57. The maximum absolute atomic E-state index is 13.0. The molecule has 0 radical (unpaired) electrons. The number of nitrogens with zero attached hydrogens (tertiary/aromatic N) is 2. The number of aromatic nitrogens is 1. The fourth-order valence-corrected chi connectivity index (χ4v) is 5.75. The Morgan fingerprint density at radius 3 is 2.50 bits per heavy atom. The molecule has 2 aliphatic rings. The molecule has 2 N–H and O–H groups in total. The molecule has 6 rings (SSSR count). The van der Waals surface area contributed by atoms with E-state index in [0.29, 0.717) is 44.8 Å². The van der Waals surface area contributed by atoms with Crippen LogP contribution in [0, 0.1) is 0 Å². The van der Waals surface area contributed by atoms with Gasteiger partial charge in [0.2, 0.25) is 0 Å². The zero-order chi connectivity index (χ0) is 25.0. The number of halogens is 1. The molecule has 36 heavy (non-hydrogen) atoms.